The number of carbonyl (C=O) groups is 8. The van der Waals surface area contributed by atoms with Gasteiger partial charge >= 0.3 is 29.3 Å². The highest BCUT2D eigenvalue weighted by atomic mass is 35.5. The SMILES string of the molecule is COC(=O)C1CNC(=O)CN1c1cc(Cl)nc(Cl)n1.Clc1cc(Cl)nc(Cl)n1.O=C1CN(c2cc(Cl)nc(Cl)n2)C(C(=O)O)CN1.O=C1CN2c3cc(Cl)nc(=O)n3CC2CN1.O=C1CN2c3cc(Cl)nc(=O)n3CC2CN1.O=C1CNC(C(=O)O)CN1. The summed E-state index contributed by atoms with van der Waals surface area (Å²) in [5.74, 6) is -1.35. The van der Waals surface area contributed by atoms with E-state index in [-0.39, 0.29) is 158 Å². The number of methoxy groups -OCH3 is 1. The molecule has 0 bridgehead atoms. The van der Waals surface area contributed by atoms with E-state index >= 15 is 0 Å². The zero-order valence-corrected chi connectivity index (χ0v) is 51.6. The third-order valence-corrected chi connectivity index (χ3v) is 14.5. The van der Waals surface area contributed by atoms with Gasteiger partial charge in [0, 0.05) is 63.1 Å². The number of ether oxygens (including phenoxy) is 1. The zero-order chi connectivity index (χ0) is 64.3. The standard InChI is InChI=1S/C10H10Cl2N4O3.C9H8Cl2N4O3.2C9H9ClN4O2.C5H8N2O3.C4HCl3N2/c1-19-9(18)5-3-13-8(17)4-16(5)7-2-6(11)14-10(12)15-7;10-5-1-6(14-9(11)13-5)15-3-7(16)12-2-4(15)8(17)18;2*10-6-1-8-13-4-7(15)11-2-5(13)3-14(8)9(16)12-6;8-4-2-6-3(1-7-4)5(9)10;5-2-1-3(6)9-4(7)8-2/h2,5H,3-4H2,1H3,(H,13,17);1,4H,2-3H2,(H,12,16)(H,17,18);2*1,5H,2-4H2,(H,11,15);3,6H,1-2H2,(H,7,8)(H,9,10);1H. The van der Waals surface area contributed by atoms with E-state index in [2.05, 4.69) is 71.8 Å². The predicted octanol–water partition coefficient (Wildman–Crippen LogP) is -0.540. The number of aliphatic carboxylic acids is 2. The lowest BCUT2D eigenvalue weighted by Crippen LogP contribution is -2.58. The smallest absolute Gasteiger partial charge is 0.350 e. The van der Waals surface area contributed by atoms with E-state index in [0.717, 1.165) is 0 Å². The summed E-state index contributed by atoms with van der Waals surface area (Å²) in [5.41, 5.74) is -0.714. The normalized spacial score (nSPS) is 20.2. The maximum atomic E-state index is 11.7. The van der Waals surface area contributed by atoms with E-state index in [1.165, 1.54) is 35.1 Å². The predicted molar refractivity (Wildman–Crippen MR) is 317 cm³/mol. The van der Waals surface area contributed by atoms with E-state index in [1.807, 2.05) is 9.80 Å². The Morgan fingerprint density at radius 3 is 1.19 bits per heavy atom. The Labute approximate surface area is 539 Å². The fourth-order valence-electron chi connectivity index (χ4n) is 8.89. The van der Waals surface area contributed by atoms with Crippen LogP contribution in [0.2, 0.25) is 46.8 Å². The van der Waals surface area contributed by atoms with Crippen LogP contribution < -0.4 is 62.9 Å². The van der Waals surface area contributed by atoms with E-state index < -0.39 is 36.0 Å². The number of hydrogen-bond donors (Lipinski definition) is 8. The number of amides is 5. The van der Waals surface area contributed by atoms with Crippen molar-refractivity contribution in [3.8, 4) is 0 Å². The Bertz CT molecular complexity index is 3460. The van der Waals surface area contributed by atoms with Crippen molar-refractivity contribution < 1.29 is 53.3 Å². The van der Waals surface area contributed by atoms with Crippen LogP contribution in [0.15, 0.2) is 39.9 Å². The van der Waals surface area contributed by atoms with Gasteiger partial charge in [0.2, 0.25) is 45.4 Å². The summed E-state index contributed by atoms with van der Waals surface area (Å²) in [6, 6.07) is 5.51. The minimum Gasteiger partial charge on any atom is -0.480 e. The van der Waals surface area contributed by atoms with Crippen LogP contribution in [0, 0.1) is 0 Å². The van der Waals surface area contributed by atoms with Gasteiger partial charge in [-0.25, -0.2) is 49.1 Å². The summed E-state index contributed by atoms with van der Waals surface area (Å²) in [4.78, 5) is 148. The molecule has 5 saturated heterocycles. The first-order valence-corrected chi connectivity index (χ1v) is 28.5. The number of nitrogens with zero attached hydrogens (tertiary/aromatic N) is 14. The van der Waals surface area contributed by atoms with Gasteiger partial charge in [0.05, 0.1) is 65.0 Å². The fourth-order valence-corrected chi connectivity index (χ4v) is 10.7. The Morgan fingerprint density at radius 1 is 0.455 bits per heavy atom. The number of halogens is 9. The molecule has 12 heterocycles. The summed E-state index contributed by atoms with van der Waals surface area (Å²) < 4.78 is 7.80. The van der Waals surface area contributed by atoms with Crippen molar-refractivity contribution in [3.63, 3.8) is 0 Å². The number of nitrogens with one attached hydrogen (secondary N) is 6. The van der Waals surface area contributed by atoms with Gasteiger partial charge < -0.3 is 61.1 Å². The lowest BCUT2D eigenvalue weighted by molar-refractivity contribution is -0.143. The number of piperazine rings is 5. The number of esters is 1. The Kier molecular flexibility index (Phi) is 23.7. The number of rotatable bonds is 5. The average Bonchev–Trinajstić information content (AvgIpc) is 1.86. The molecule has 8 N–H and O–H groups in total. The molecule has 7 aliphatic rings. The molecule has 42 heteroatoms. The Hall–Kier alpha value is -7.47. The van der Waals surface area contributed by atoms with Crippen LogP contribution in [0.5, 0.6) is 0 Å². The Morgan fingerprint density at radius 2 is 0.818 bits per heavy atom. The zero-order valence-electron chi connectivity index (χ0n) is 44.8. The third kappa shape index (κ3) is 18.3. The van der Waals surface area contributed by atoms with Gasteiger partial charge in [0.15, 0.2) is 0 Å². The average molecular weight is 1410 g/mol. The molecule has 5 atom stereocenters. The number of carboxylic acids is 2. The van der Waals surface area contributed by atoms with E-state index in [4.69, 9.17) is 119 Å². The number of aromatic nitrogens is 10. The van der Waals surface area contributed by atoms with Crippen molar-refractivity contribution in [2.45, 2.75) is 43.3 Å². The molecule has 12 rings (SSSR count). The van der Waals surface area contributed by atoms with E-state index in [1.54, 1.807) is 21.3 Å². The van der Waals surface area contributed by atoms with Gasteiger partial charge in [0.25, 0.3) is 0 Å². The molecule has 7 aliphatic heterocycles. The molecule has 5 fully saturated rings. The number of carboxylic acid groups (broad SMARTS) is 2. The maximum Gasteiger partial charge on any atom is 0.350 e. The summed E-state index contributed by atoms with van der Waals surface area (Å²) in [6.45, 7) is 2.98. The quantitative estimate of drug-likeness (QED) is 0.0622. The van der Waals surface area contributed by atoms with E-state index in [0.29, 0.717) is 43.6 Å². The van der Waals surface area contributed by atoms with Gasteiger partial charge in [-0.15, -0.1) is 0 Å². The van der Waals surface area contributed by atoms with Crippen molar-refractivity contribution in [1.82, 2.24) is 80.9 Å². The Balaban J connectivity index is 0.000000153. The highest BCUT2D eigenvalue weighted by Gasteiger charge is 2.38. The summed E-state index contributed by atoms with van der Waals surface area (Å²) >= 11 is 50.6. The van der Waals surface area contributed by atoms with Crippen molar-refractivity contribution in [2.24, 2.45) is 0 Å². The molecule has 5 aromatic rings. The molecule has 5 unspecified atom stereocenters. The van der Waals surface area contributed by atoms with Gasteiger partial charge in [-0.2, -0.15) is 9.97 Å². The molecule has 0 aromatic carbocycles. The summed E-state index contributed by atoms with van der Waals surface area (Å²) in [7, 11) is 1.27. The monoisotopic (exact) mass is 1400 g/mol. The van der Waals surface area contributed by atoms with E-state index in [9.17, 15) is 47.9 Å². The van der Waals surface area contributed by atoms with Crippen LogP contribution in [-0.2, 0) is 56.2 Å². The topological polar surface area (TPSA) is 419 Å². The minimum atomic E-state index is -1.07. The molecule has 0 radical (unpaired) electrons. The first-order valence-electron chi connectivity index (χ1n) is 25.1. The van der Waals surface area contributed by atoms with Crippen molar-refractivity contribution in [3.05, 3.63) is 98.1 Å². The summed E-state index contributed by atoms with van der Waals surface area (Å²) in [6.07, 6.45) is 0. The van der Waals surface area contributed by atoms with Crippen LogP contribution in [0.25, 0.3) is 0 Å². The molecular weight excluding hydrogens is 1360 g/mol. The fraction of sp³-hybridized carbons (Fsp3) is 0.391. The molecular formula is C46H45Cl9N20O13. The van der Waals surface area contributed by atoms with Crippen LogP contribution in [0.3, 0.4) is 0 Å². The van der Waals surface area contributed by atoms with Gasteiger partial charge in [-0.05, 0) is 34.8 Å². The molecule has 0 aliphatic carbocycles. The second-order valence-electron chi connectivity index (χ2n) is 18.6. The first kappa shape index (κ1) is 68.0. The lowest BCUT2D eigenvalue weighted by Gasteiger charge is -2.34. The number of hydrogen-bond acceptors (Lipinski definition) is 24. The second-order valence-corrected chi connectivity index (χ2v) is 21.9. The number of carbonyl (C=O) groups excluding carboxylic acids is 6. The largest absolute Gasteiger partial charge is 0.480 e. The van der Waals surface area contributed by atoms with Gasteiger partial charge in [0.1, 0.15) is 72.3 Å². The summed E-state index contributed by atoms with van der Waals surface area (Å²) in [5, 5.41) is 34.0. The molecule has 470 valence electrons. The van der Waals surface area contributed by atoms with Crippen LogP contribution in [-0.4, -0.2) is 209 Å². The van der Waals surface area contributed by atoms with Crippen LogP contribution >= 0.6 is 104 Å². The second kappa shape index (κ2) is 30.6. The van der Waals surface area contributed by atoms with Crippen molar-refractivity contribution in [2.75, 3.05) is 92.2 Å². The number of fused-ring (bicyclic) bond motifs is 6. The minimum absolute atomic E-state index is 0.00654. The van der Waals surface area contributed by atoms with Crippen LogP contribution in [0.4, 0.5) is 23.3 Å². The van der Waals surface area contributed by atoms with Crippen LogP contribution in [0.1, 0.15) is 0 Å². The maximum absolute atomic E-state index is 11.7. The highest BCUT2D eigenvalue weighted by Crippen LogP contribution is 2.29. The van der Waals surface area contributed by atoms with Gasteiger partial charge in [-0.1, -0.05) is 69.6 Å². The third-order valence-electron chi connectivity index (χ3n) is 12.8. The molecule has 0 saturated carbocycles. The molecule has 88 heavy (non-hydrogen) atoms. The first-order chi connectivity index (χ1) is 41.7. The van der Waals surface area contributed by atoms with Crippen molar-refractivity contribution in [1.29, 1.82) is 0 Å². The van der Waals surface area contributed by atoms with Crippen molar-refractivity contribution >= 4 is 175 Å². The highest BCUT2D eigenvalue weighted by molar-refractivity contribution is 6.35. The number of anilines is 4. The molecule has 0 spiro atoms. The molecule has 33 nitrogen and oxygen atoms in total. The lowest BCUT2D eigenvalue weighted by atomic mass is 10.2. The van der Waals surface area contributed by atoms with Gasteiger partial charge in [-0.3, -0.25) is 43.2 Å². The molecule has 5 aromatic heterocycles. The molecule has 5 amide bonds.